The van der Waals surface area contributed by atoms with Gasteiger partial charge in [-0.05, 0) is 62.1 Å². The van der Waals surface area contributed by atoms with Gasteiger partial charge < -0.3 is 15.5 Å². The maximum absolute atomic E-state index is 5.97. The van der Waals surface area contributed by atoms with Crippen molar-refractivity contribution in [3.8, 4) is 0 Å². The normalized spacial score (nSPS) is 20.3. The minimum atomic E-state index is 0.136. The third-order valence-electron chi connectivity index (χ3n) is 5.08. The van der Waals surface area contributed by atoms with E-state index in [1.54, 1.807) is 0 Å². The zero-order chi connectivity index (χ0) is 14.2. The van der Waals surface area contributed by atoms with E-state index in [2.05, 4.69) is 17.4 Å². The summed E-state index contributed by atoms with van der Waals surface area (Å²) in [7, 11) is 0. The lowest BCUT2D eigenvalue weighted by Gasteiger charge is -2.20. The van der Waals surface area contributed by atoms with E-state index >= 15 is 0 Å². The zero-order valence-electron chi connectivity index (χ0n) is 12.4. The second-order valence-corrected chi connectivity index (χ2v) is 6.72. The van der Waals surface area contributed by atoms with Gasteiger partial charge in [-0.25, -0.2) is 0 Å². The summed E-state index contributed by atoms with van der Waals surface area (Å²) in [5.41, 5.74) is 6.93. The first-order valence-electron chi connectivity index (χ1n) is 8.27. The van der Waals surface area contributed by atoms with Gasteiger partial charge in [0.15, 0.2) is 0 Å². The monoisotopic (exact) mass is 284 g/mol. The Morgan fingerprint density at radius 1 is 1.14 bits per heavy atom. The lowest BCUT2D eigenvalue weighted by Crippen LogP contribution is -2.33. The number of rotatable bonds is 7. The Labute approximate surface area is 125 Å². The maximum atomic E-state index is 5.97. The Kier molecular flexibility index (Phi) is 3.48. The average Bonchev–Trinajstić information content (AvgIpc) is 3.42. The minimum absolute atomic E-state index is 0.136. The summed E-state index contributed by atoms with van der Waals surface area (Å²) in [5.74, 6) is 3.78. The Morgan fingerprint density at radius 3 is 2.48 bits per heavy atom. The first-order chi connectivity index (χ1) is 10.3. The molecule has 2 aromatic rings. The summed E-state index contributed by atoms with van der Waals surface area (Å²) >= 11 is 0. The fourth-order valence-corrected chi connectivity index (χ4v) is 3.52. The Morgan fingerprint density at radius 2 is 1.86 bits per heavy atom. The molecule has 1 unspecified atom stereocenters. The van der Waals surface area contributed by atoms with Crippen LogP contribution in [-0.2, 0) is 0 Å². The van der Waals surface area contributed by atoms with E-state index in [1.807, 2.05) is 18.2 Å². The number of hydrogen-bond donors (Lipinski definition) is 2. The highest BCUT2D eigenvalue weighted by Gasteiger charge is 2.41. The molecular weight excluding hydrogens is 260 g/mol. The van der Waals surface area contributed by atoms with Crippen LogP contribution in [0.3, 0.4) is 0 Å². The molecule has 0 radical (unpaired) electrons. The van der Waals surface area contributed by atoms with E-state index < -0.39 is 0 Å². The van der Waals surface area contributed by atoms with Gasteiger partial charge in [-0.2, -0.15) is 0 Å². The standard InChI is InChI=1S/C18H24N2O/c19-10-16(18-9-14-3-1-2-4-17(14)21-18)20-11-15(12-5-6-12)13-7-8-13/h1-4,9,12-13,15-16,20H,5-8,10-11,19H2. The molecule has 1 atom stereocenters. The largest absolute Gasteiger partial charge is 0.459 e. The molecule has 112 valence electrons. The fraction of sp³-hybridized carbons (Fsp3) is 0.556. The molecule has 0 saturated heterocycles. The van der Waals surface area contributed by atoms with E-state index in [-0.39, 0.29) is 6.04 Å². The molecule has 4 rings (SSSR count). The third kappa shape index (κ3) is 2.85. The van der Waals surface area contributed by atoms with Crippen LogP contribution in [0.5, 0.6) is 0 Å². The van der Waals surface area contributed by atoms with Gasteiger partial charge >= 0.3 is 0 Å². The van der Waals surface area contributed by atoms with Crippen molar-refractivity contribution in [1.29, 1.82) is 0 Å². The lowest BCUT2D eigenvalue weighted by molar-refractivity contribution is 0.340. The van der Waals surface area contributed by atoms with Gasteiger partial charge in [0, 0.05) is 11.9 Å². The van der Waals surface area contributed by atoms with E-state index in [0.29, 0.717) is 6.54 Å². The quantitative estimate of drug-likeness (QED) is 0.818. The SMILES string of the molecule is NCC(NCC(C1CC1)C1CC1)c1cc2ccccc2o1. The molecule has 0 aliphatic heterocycles. The fourth-order valence-electron chi connectivity index (χ4n) is 3.52. The number of nitrogens with two attached hydrogens (primary N) is 1. The van der Waals surface area contributed by atoms with Crippen LogP contribution in [0, 0.1) is 17.8 Å². The van der Waals surface area contributed by atoms with Crippen LogP contribution in [0.4, 0.5) is 0 Å². The number of nitrogens with one attached hydrogen (secondary N) is 1. The molecule has 2 saturated carbocycles. The Balaban J connectivity index is 1.46. The van der Waals surface area contributed by atoms with Gasteiger partial charge in [-0.15, -0.1) is 0 Å². The van der Waals surface area contributed by atoms with Crippen molar-refractivity contribution in [3.05, 3.63) is 36.1 Å². The maximum Gasteiger partial charge on any atom is 0.134 e. The van der Waals surface area contributed by atoms with Gasteiger partial charge in [0.25, 0.3) is 0 Å². The minimum Gasteiger partial charge on any atom is -0.459 e. The zero-order valence-corrected chi connectivity index (χ0v) is 12.4. The Bertz CT molecular complexity index is 567. The van der Waals surface area contributed by atoms with E-state index in [1.165, 1.54) is 25.7 Å². The summed E-state index contributed by atoms with van der Waals surface area (Å²) in [6.07, 6.45) is 5.73. The summed E-state index contributed by atoms with van der Waals surface area (Å²) < 4.78 is 5.96. The molecule has 0 spiro atoms. The molecular formula is C18H24N2O. The first-order valence-corrected chi connectivity index (χ1v) is 8.27. The Hall–Kier alpha value is -1.32. The first kappa shape index (κ1) is 13.4. The van der Waals surface area contributed by atoms with Crippen LogP contribution in [0.15, 0.2) is 34.7 Å². The number of furan rings is 1. The van der Waals surface area contributed by atoms with Gasteiger partial charge in [0.2, 0.25) is 0 Å². The van der Waals surface area contributed by atoms with Crippen molar-refractivity contribution in [2.75, 3.05) is 13.1 Å². The topological polar surface area (TPSA) is 51.2 Å². The van der Waals surface area contributed by atoms with Crippen LogP contribution < -0.4 is 11.1 Å². The predicted molar refractivity (Wildman–Crippen MR) is 85.0 cm³/mol. The van der Waals surface area contributed by atoms with Crippen molar-refractivity contribution < 1.29 is 4.42 Å². The summed E-state index contributed by atoms with van der Waals surface area (Å²) in [6, 6.07) is 10.4. The molecule has 2 fully saturated rings. The molecule has 2 aliphatic rings. The second-order valence-electron chi connectivity index (χ2n) is 6.72. The highest BCUT2D eigenvalue weighted by molar-refractivity contribution is 5.77. The van der Waals surface area contributed by atoms with Gasteiger partial charge in [-0.1, -0.05) is 18.2 Å². The molecule has 3 nitrogen and oxygen atoms in total. The highest BCUT2D eigenvalue weighted by atomic mass is 16.3. The smallest absolute Gasteiger partial charge is 0.134 e. The number of benzene rings is 1. The summed E-state index contributed by atoms with van der Waals surface area (Å²) in [4.78, 5) is 0. The van der Waals surface area contributed by atoms with Crippen LogP contribution in [0.25, 0.3) is 11.0 Å². The molecule has 3 heteroatoms. The second kappa shape index (κ2) is 5.47. The van der Waals surface area contributed by atoms with Gasteiger partial charge in [0.1, 0.15) is 11.3 Å². The van der Waals surface area contributed by atoms with E-state index in [9.17, 15) is 0 Å². The highest BCUT2D eigenvalue weighted by Crippen LogP contribution is 2.49. The number of fused-ring (bicyclic) bond motifs is 1. The lowest BCUT2D eigenvalue weighted by atomic mass is 9.97. The number of para-hydroxylation sites is 1. The molecule has 0 amide bonds. The van der Waals surface area contributed by atoms with Crippen molar-refractivity contribution >= 4 is 11.0 Å². The van der Waals surface area contributed by atoms with E-state index in [4.69, 9.17) is 10.2 Å². The van der Waals surface area contributed by atoms with Crippen molar-refractivity contribution in [2.45, 2.75) is 31.7 Å². The van der Waals surface area contributed by atoms with Crippen molar-refractivity contribution in [1.82, 2.24) is 5.32 Å². The van der Waals surface area contributed by atoms with Gasteiger partial charge in [0.05, 0.1) is 6.04 Å². The molecule has 1 heterocycles. The number of hydrogen-bond acceptors (Lipinski definition) is 3. The van der Waals surface area contributed by atoms with Crippen molar-refractivity contribution in [2.24, 2.45) is 23.5 Å². The van der Waals surface area contributed by atoms with Crippen LogP contribution >= 0.6 is 0 Å². The van der Waals surface area contributed by atoms with Gasteiger partial charge in [-0.3, -0.25) is 0 Å². The summed E-state index contributed by atoms with van der Waals surface area (Å²) in [5, 5.41) is 4.83. The molecule has 2 aliphatic carbocycles. The molecule has 1 aromatic heterocycles. The third-order valence-corrected chi connectivity index (χ3v) is 5.08. The summed E-state index contributed by atoms with van der Waals surface area (Å²) in [6.45, 7) is 1.68. The average molecular weight is 284 g/mol. The van der Waals surface area contributed by atoms with Crippen molar-refractivity contribution in [3.63, 3.8) is 0 Å². The molecule has 1 aromatic carbocycles. The van der Waals surface area contributed by atoms with Crippen LogP contribution in [0.1, 0.15) is 37.5 Å². The van der Waals surface area contributed by atoms with Crippen LogP contribution in [-0.4, -0.2) is 13.1 Å². The molecule has 21 heavy (non-hydrogen) atoms. The molecule has 3 N–H and O–H groups in total. The van der Waals surface area contributed by atoms with Crippen LogP contribution in [0.2, 0.25) is 0 Å². The molecule has 0 bridgehead atoms. The van der Waals surface area contributed by atoms with E-state index in [0.717, 1.165) is 41.0 Å². The predicted octanol–water partition coefficient (Wildman–Crippen LogP) is 3.46.